The number of nitrogens with zero attached hydrogens (tertiary/aromatic N) is 2. The first-order valence-electron chi connectivity index (χ1n) is 8.91. The second kappa shape index (κ2) is 7.97. The summed E-state index contributed by atoms with van der Waals surface area (Å²) in [6.45, 7) is 4.47. The number of hydrogen-bond acceptors (Lipinski definition) is 2. The van der Waals surface area contributed by atoms with Crippen molar-refractivity contribution < 1.29 is 9.59 Å². The van der Waals surface area contributed by atoms with Crippen molar-refractivity contribution in [3.8, 4) is 11.1 Å². The highest BCUT2D eigenvalue weighted by molar-refractivity contribution is 5.95. The predicted octanol–water partition coefficient (Wildman–Crippen LogP) is 3.44. The van der Waals surface area contributed by atoms with Crippen LogP contribution in [-0.4, -0.2) is 47.8 Å². The molecule has 0 saturated carbocycles. The average Bonchev–Trinajstić information content (AvgIpc) is 2.68. The van der Waals surface area contributed by atoms with Crippen LogP contribution in [-0.2, 0) is 4.79 Å². The Morgan fingerprint density at radius 2 is 1.48 bits per heavy atom. The summed E-state index contributed by atoms with van der Waals surface area (Å²) < 4.78 is 0. The molecule has 0 spiro atoms. The SMILES string of the molecule is CCCC(=O)N1CCN(C(=O)c2cccc(-c3ccccc3)c2)CC1. The zero-order chi connectivity index (χ0) is 17.6. The summed E-state index contributed by atoms with van der Waals surface area (Å²) in [6.07, 6.45) is 1.46. The van der Waals surface area contributed by atoms with E-state index in [-0.39, 0.29) is 11.8 Å². The van der Waals surface area contributed by atoms with Crippen molar-refractivity contribution >= 4 is 11.8 Å². The summed E-state index contributed by atoms with van der Waals surface area (Å²) in [4.78, 5) is 28.5. The molecule has 2 aromatic rings. The zero-order valence-electron chi connectivity index (χ0n) is 14.6. The summed E-state index contributed by atoms with van der Waals surface area (Å²) in [5.41, 5.74) is 2.85. The highest BCUT2D eigenvalue weighted by atomic mass is 16.2. The lowest BCUT2D eigenvalue weighted by molar-refractivity contribution is -0.132. The van der Waals surface area contributed by atoms with Crippen molar-refractivity contribution in [1.29, 1.82) is 0 Å². The van der Waals surface area contributed by atoms with Gasteiger partial charge < -0.3 is 9.80 Å². The van der Waals surface area contributed by atoms with Crippen LogP contribution in [0.2, 0.25) is 0 Å². The molecule has 0 bridgehead atoms. The molecule has 3 rings (SSSR count). The Kier molecular flexibility index (Phi) is 5.49. The lowest BCUT2D eigenvalue weighted by Gasteiger charge is -2.35. The van der Waals surface area contributed by atoms with Crippen LogP contribution in [0.4, 0.5) is 0 Å². The molecule has 2 amide bonds. The fourth-order valence-corrected chi connectivity index (χ4v) is 3.18. The molecule has 1 aliphatic rings. The van der Waals surface area contributed by atoms with Crippen LogP contribution in [0.3, 0.4) is 0 Å². The van der Waals surface area contributed by atoms with E-state index in [1.54, 1.807) is 0 Å². The molecule has 0 unspecified atom stereocenters. The first-order valence-corrected chi connectivity index (χ1v) is 8.91. The minimum absolute atomic E-state index is 0.0420. The number of carbonyl (C=O) groups excluding carboxylic acids is 2. The van der Waals surface area contributed by atoms with Crippen molar-refractivity contribution in [2.45, 2.75) is 19.8 Å². The molecule has 25 heavy (non-hydrogen) atoms. The summed E-state index contributed by atoms with van der Waals surface area (Å²) in [6, 6.07) is 17.8. The van der Waals surface area contributed by atoms with Crippen molar-refractivity contribution in [3.05, 3.63) is 60.2 Å². The average molecular weight is 336 g/mol. The third-order valence-electron chi connectivity index (χ3n) is 4.60. The summed E-state index contributed by atoms with van der Waals surface area (Å²) in [5, 5.41) is 0. The first-order chi connectivity index (χ1) is 12.2. The molecule has 1 heterocycles. The van der Waals surface area contributed by atoms with Crippen LogP contribution in [0.5, 0.6) is 0 Å². The molecular formula is C21H24N2O2. The molecule has 4 heteroatoms. The summed E-state index contributed by atoms with van der Waals surface area (Å²) in [5.74, 6) is 0.237. The molecule has 1 aliphatic heterocycles. The van der Waals surface area contributed by atoms with Gasteiger partial charge >= 0.3 is 0 Å². The molecule has 1 saturated heterocycles. The summed E-state index contributed by atoms with van der Waals surface area (Å²) >= 11 is 0. The quantitative estimate of drug-likeness (QED) is 0.858. The van der Waals surface area contributed by atoms with Gasteiger partial charge in [0.15, 0.2) is 0 Å². The number of hydrogen-bond donors (Lipinski definition) is 0. The zero-order valence-corrected chi connectivity index (χ0v) is 14.6. The third-order valence-corrected chi connectivity index (χ3v) is 4.60. The van der Waals surface area contributed by atoms with Crippen molar-refractivity contribution in [2.24, 2.45) is 0 Å². The smallest absolute Gasteiger partial charge is 0.253 e. The van der Waals surface area contributed by atoms with Crippen molar-refractivity contribution in [1.82, 2.24) is 9.80 Å². The van der Waals surface area contributed by atoms with E-state index in [2.05, 4.69) is 0 Å². The monoisotopic (exact) mass is 336 g/mol. The number of carbonyl (C=O) groups is 2. The predicted molar refractivity (Wildman–Crippen MR) is 99.3 cm³/mol. The van der Waals surface area contributed by atoms with E-state index in [1.165, 1.54) is 0 Å². The van der Waals surface area contributed by atoms with Gasteiger partial charge in [0.1, 0.15) is 0 Å². The van der Waals surface area contributed by atoms with Gasteiger partial charge in [-0.1, -0.05) is 49.4 Å². The molecule has 0 N–H and O–H groups in total. The maximum atomic E-state index is 12.8. The Bertz CT molecular complexity index is 735. The molecular weight excluding hydrogens is 312 g/mol. The summed E-state index contributed by atoms with van der Waals surface area (Å²) in [7, 11) is 0. The Balaban J connectivity index is 1.67. The topological polar surface area (TPSA) is 40.6 Å². The van der Waals surface area contributed by atoms with Gasteiger partial charge in [-0.15, -0.1) is 0 Å². The van der Waals surface area contributed by atoms with Gasteiger partial charge in [0.2, 0.25) is 5.91 Å². The van der Waals surface area contributed by atoms with Crippen LogP contribution in [0.15, 0.2) is 54.6 Å². The Morgan fingerprint density at radius 3 is 2.16 bits per heavy atom. The fraction of sp³-hybridized carbons (Fsp3) is 0.333. The Morgan fingerprint density at radius 1 is 0.840 bits per heavy atom. The highest BCUT2D eigenvalue weighted by Gasteiger charge is 2.24. The second-order valence-corrected chi connectivity index (χ2v) is 6.37. The number of rotatable bonds is 4. The first kappa shape index (κ1) is 17.2. The van der Waals surface area contributed by atoms with E-state index in [4.69, 9.17) is 0 Å². The molecule has 2 aromatic carbocycles. The van der Waals surface area contributed by atoms with E-state index in [9.17, 15) is 9.59 Å². The van der Waals surface area contributed by atoms with Crippen LogP contribution in [0.25, 0.3) is 11.1 Å². The number of amides is 2. The van der Waals surface area contributed by atoms with Gasteiger partial charge in [0.05, 0.1) is 0 Å². The van der Waals surface area contributed by atoms with Gasteiger partial charge in [-0.25, -0.2) is 0 Å². The third kappa shape index (κ3) is 4.08. The van der Waals surface area contributed by atoms with Gasteiger partial charge in [0, 0.05) is 38.2 Å². The van der Waals surface area contributed by atoms with Crippen LogP contribution in [0, 0.1) is 0 Å². The van der Waals surface area contributed by atoms with E-state index < -0.39 is 0 Å². The van der Waals surface area contributed by atoms with Crippen LogP contribution < -0.4 is 0 Å². The lowest BCUT2D eigenvalue weighted by Crippen LogP contribution is -2.50. The van der Waals surface area contributed by atoms with Gasteiger partial charge in [-0.05, 0) is 29.7 Å². The molecule has 0 aromatic heterocycles. The molecule has 0 radical (unpaired) electrons. The van der Waals surface area contributed by atoms with Crippen LogP contribution in [0.1, 0.15) is 30.1 Å². The van der Waals surface area contributed by atoms with E-state index in [0.29, 0.717) is 38.2 Å². The van der Waals surface area contributed by atoms with Crippen molar-refractivity contribution in [3.63, 3.8) is 0 Å². The number of benzene rings is 2. The second-order valence-electron chi connectivity index (χ2n) is 6.37. The molecule has 0 aliphatic carbocycles. The van der Waals surface area contributed by atoms with Gasteiger partial charge in [-0.2, -0.15) is 0 Å². The van der Waals surface area contributed by atoms with E-state index >= 15 is 0 Å². The van der Waals surface area contributed by atoms with E-state index in [1.807, 2.05) is 71.3 Å². The van der Waals surface area contributed by atoms with Gasteiger partial charge in [0.25, 0.3) is 5.91 Å². The largest absolute Gasteiger partial charge is 0.339 e. The normalized spacial score (nSPS) is 14.4. The maximum absolute atomic E-state index is 12.8. The lowest BCUT2D eigenvalue weighted by atomic mass is 10.0. The fourth-order valence-electron chi connectivity index (χ4n) is 3.18. The van der Waals surface area contributed by atoms with Crippen molar-refractivity contribution in [2.75, 3.05) is 26.2 Å². The maximum Gasteiger partial charge on any atom is 0.253 e. The number of piperazine rings is 1. The molecule has 1 fully saturated rings. The standard InChI is InChI=1S/C21H24N2O2/c1-2-7-20(24)22-12-14-23(15-13-22)21(25)19-11-6-10-18(16-19)17-8-4-3-5-9-17/h3-6,8-11,16H,2,7,12-15H2,1H3. The Hall–Kier alpha value is -2.62. The minimum atomic E-state index is 0.0420. The minimum Gasteiger partial charge on any atom is -0.339 e. The van der Waals surface area contributed by atoms with Gasteiger partial charge in [-0.3, -0.25) is 9.59 Å². The molecule has 130 valence electrons. The molecule has 0 atom stereocenters. The molecule has 4 nitrogen and oxygen atoms in total. The highest BCUT2D eigenvalue weighted by Crippen LogP contribution is 2.21. The van der Waals surface area contributed by atoms with E-state index in [0.717, 1.165) is 17.5 Å². The van der Waals surface area contributed by atoms with Crippen LogP contribution >= 0.6 is 0 Å². The Labute approximate surface area is 149 Å².